The Morgan fingerprint density at radius 2 is 1.90 bits per heavy atom. The van der Waals surface area contributed by atoms with E-state index in [1.54, 1.807) is 7.11 Å². The van der Waals surface area contributed by atoms with Gasteiger partial charge in [-0.15, -0.1) is 0 Å². The Hall–Kier alpha value is -0.610. The van der Waals surface area contributed by atoms with E-state index in [-0.39, 0.29) is 17.9 Å². The zero-order valence-electron chi connectivity index (χ0n) is 12.5. The zero-order chi connectivity index (χ0) is 14.1. The lowest BCUT2D eigenvalue weighted by Gasteiger charge is -2.43. The van der Waals surface area contributed by atoms with Crippen molar-refractivity contribution in [3.05, 3.63) is 0 Å². The third-order valence-electron chi connectivity index (χ3n) is 5.65. The smallest absolute Gasteiger partial charge is 0.223 e. The second-order valence-electron chi connectivity index (χ2n) is 7.10. The molecule has 3 aliphatic carbocycles. The first kappa shape index (κ1) is 14.3. The molecule has 0 aromatic rings. The Morgan fingerprint density at radius 3 is 2.45 bits per heavy atom. The molecule has 0 saturated heterocycles. The SMILES string of the molecule is COCC(NC(=O)C1CC2CCCC(C1)C2N)C1CC1. The van der Waals surface area contributed by atoms with Gasteiger partial charge in [0.2, 0.25) is 5.91 Å². The fraction of sp³-hybridized carbons (Fsp3) is 0.938. The van der Waals surface area contributed by atoms with Gasteiger partial charge in [-0.05, 0) is 56.3 Å². The van der Waals surface area contributed by atoms with Crippen molar-refractivity contribution < 1.29 is 9.53 Å². The molecule has 3 unspecified atom stereocenters. The molecule has 3 aliphatic rings. The first-order valence-corrected chi connectivity index (χ1v) is 8.24. The number of ether oxygens (including phenoxy) is 1. The van der Waals surface area contributed by atoms with Gasteiger partial charge in [0.05, 0.1) is 12.6 Å². The van der Waals surface area contributed by atoms with Crippen LogP contribution in [0.25, 0.3) is 0 Å². The molecule has 4 nitrogen and oxygen atoms in total. The third-order valence-corrected chi connectivity index (χ3v) is 5.65. The Kier molecular flexibility index (Phi) is 4.32. The quantitative estimate of drug-likeness (QED) is 0.805. The molecule has 2 bridgehead atoms. The summed E-state index contributed by atoms with van der Waals surface area (Å²) in [4.78, 5) is 12.5. The minimum absolute atomic E-state index is 0.184. The van der Waals surface area contributed by atoms with E-state index in [4.69, 9.17) is 10.5 Å². The van der Waals surface area contributed by atoms with Gasteiger partial charge in [-0.1, -0.05) is 6.42 Å². The maximum atomic E-state index is 12.5. The van der Waals surface area contributed by atoms with Crippen LogP contribution in [0.3, 0.4) is 0 Å². The molecule has 3 saturated carbocycles. The fourth-order valence-corrected chi connectivity index (χ4v) is 4.28. The van der Waals surface area contributed by atoms with Crippen LogP contribution in [-0.4, -0.2) is 31.7 Å². The molecular weight excluding hydrogens is 252 g/mol. The number of hydrogen-bond donors (Lipinski definition) is 2. The number of nitrogens with one attached hydrogen (secondary N) is 1. The fourth-order valence-electron chi connectivity index (χ4n) is 4.28. The predicted octanol–water partition coefficient (Wildman–Crippen LogP) is 1.68. The maximum absolute atomic E-state index is 12.5. The van der Waals surface area contributed by atoms with Crippen LogP contribution in [-0.2, 0) is 9.53 Å². The monoisotopic (exact) mass is 280 g/mol. The summed E-state index contributed by atoms with van der Waals surface area (Å²) in [5, 5.41) is 3.25. The second kappa shape index (κ2) is 6.02. The number of methoxy groups -OCH3 is 1. The molecule has 0 aliphatic heterocycles. The van der Waals surface area contributed by atoms with Gasteiger partial charge < -0.3 is 15.8 Å². The molecule has 1 amide bonds. The van der Waals surface area contributed by atoms with Gasteiger partial charge in [-0.3, -0.25) is 4.79 Å². The Labute approximate surface area is 121 Å². The number of hydrogen-bond acceptors (Lipinski definition) is 3. The van der Waals surface area contributed by atoms with E-state index in [1.165, 1.54) is 32.1 Å². The molecule has 0 radical (unpaired) electrons. The zero-order valence-corrected chi connectivity index (χ0v) is 12.5. The van der Waals surface area contributed by atoms with Crippen LogP contribution in [0.2, 0.25) is 0 Å². The summed E-state index contributed by atoms with van der Waals surface area (Å²) in [6, 6.07) is 0.564. The molecule has 114 valence electrons. The average Bonchev–Trinajstić information content (AvgIpc) is 3.22. The van der Waals surface area contributed by atoms with E-state index in [0.717, 1.165) is 12.8 Å². The molecule has 3 rings (SSSR count). The van der Waals surface area contributed by atoms with E-state index in [9.17, 15) is 4.79 Å². The predicted molar refractivity (Wildman–Crippen MR) is 78.1 cm³/mol. The summed E-state index contributed by atoms with van der Waals surface area (Å²) in [5.74, 6) is 2.22. The highest BCUT2D eigenvalue weighted by molar-refractivity contribution is 5.79. The first-order chi connectivity index (χ1) is 9.69. The Balaban J connectivity index is 1.57. The lowest BCUT2D eigenvalue weighted by molar-refractivity contribution is -0.129. The normalized spacial score (nSPS) is 38.3. The van der Waals surface area contributed by atoms with Crippen molar-refractivity contribution in [3.8, 4) is 0 Å². The number of carbonyl (C=O) groups is 1. The van der Waals surface area contributed by atoms with E-state index < -0.39 is 0 Å². The summed E-state index contributed by atoms with van der Waals surface area (Å²) in [7, 11) is 1.71. The van der Waals surface area contributed by atoms with Crippen LogP contribution in [0.4, 0.5) is 0 Å². The second-order valence-corrected chi connectivity index (χ2v) is 7.10. The molecule has 3 N–H and O–H groups in total. The maximum Gasteiger partial charge on any atom is 0.223 e. The molecule has 0 aromatic heterocycles. The highest BCUT2D eigenvalue weighted by Gasteiger charge is 2.41. The minimum Gasteiger partial charge on any atom is -0.383 e. The van der Waals surface area contributed by atoms with Gasteiger partial charge in [-0.25, -0.2) is 0 Å². The number of nitrogens with two attached hydrogens (primary N) is 1. The van der Waals surface area contributed by atoms with E-state index in [2.05, 4.69) is 5.32 Å². The summed E-state index contributed by atoms with van der Waals surface area (Å²) >= 11 is 0. The molecule has 20 heavy (non-hydrogen) atoms. The van der Waals surface area contributed by atoms with Crippen molar-refractivity contribution >= 4 is 5.91 Å². The average molecular weight is 280 g/mol. The van der Waals surface area contributed by atoms with Crippen molar-refractivity contribution in [2.45, 2.75) is 57.0 Å². The summed E-state index contributed by atoms with van der Waals surface area (Å²) < 4.78 is 5.25. The molecule has 4 heteroatoms. The largest absolute Gasteiger partial charge is 0.383 e. The van der Waals surface area contributed by atoms with Crippen LogP contribution >= 0.6 is 0 Å². The molecule has 0 aromatic carbocycles. The van der Waals surface area contributed by atoms with Gasteiger partial charge in [0, 0.05) is 19.1 Å². The summed E-state index contributed by atoms with van der Waals surface area (Å²) in [6.07, 6.45) is 8.18. The topological polar surface area (TPSA) is 64.3 Å². The van der Waals surface area contributed by atoms with Gasteiger partial charge in [0.15, 0.2) is 0 Å². The number of carbonyl (C=O) groups excluding carboxylic acids is 1. The van der Waals surface area contributed by atoms with Gasteiger partial charge in [-0.2, -0.15) is 0 Å². The van der Waals surface area contributed by atoms with Crippen LogP contribution in [0.15, 0.2) is 0 Å². The standard InChI is InChI=1S/C16H28N2O2/c1-20-9-14(10-5-6-10)18-16(19)13-7-11-3-2-4-12(8-13)15(11)17/h10-15H,2-9,17H2,1H3,(H,18,19). The molecule has 3 atom stereocenters. The lowest BCUT2D eigenvalue weighted by Crippen LogP contribution is -2.51. The van der Waals surface area contributed by atoms with Gasteiger partial charge >= 0.3 is 0 Å². The summed E-state index contributed by atoms with van der Waals surface area (Å²) in [5.41, 5.74) is 6.30. The highest BCUT2D eigenvalue weighted by Crippen LogP contribution is 2.42. The summed E-state index contributed by atoms with van der Waals surface area (Å²) in [6.45, 7) is 0.648. The van der Waals surface area contributed by atoms with Gasteiger partial charge in [0.25, 0.3) is 0 Å². The lowest BCUT2D eigenvalue weighted by atomic mass is 9.65. The van der Waals surface area contributed by atoms with Crippen LogP contribution in [0.5, 0.6) is 0 Å². The highest BCUT2D eigenvalue weighted by atomic mass is 16.5. The Bertz CT molecular complexity index is 342. The van der Waals surface area contributed by atoms with Crippen LogP contribution in [0.1, 0.15) is 44.9 Å². The van der Waals surface area contributed by atoms with Gasteiger partial charge in [0.1, 0.15) is 0 Å². The van der Waals surface area contributed by atoms with Crippen molar-refractivity contribution in [1.29, 1.82) is 0 Å². The van der Waals surface area contributed by atoms with Crippen molar-refractivity contribution in [1.82, 2.24) is 5.32 Å². The number of amides is 1. The van der Waals surface area contributed by atoms with Crippen LogP contribution < -0.4 is 11.1 Å². The third kappa shape index (κ3) is 3.01. The molecule has 3 fully saturated rings. The molecular formula is C16H28N2O2. The van der Waals surface area contributed by atoms with Crippen LogP contribution in [0, 0.1) is 23.7 Å². The van der Waals surface area contributed by atoms with E-state index in [1.807, 2.05) is 0 Å². The van der Waals surface area contributed by atoms with Crippen molar-refractivity contribution in [2.75, 3.05) is 13.7 Å². The molecule has 0 heterocycles. The number of fused-ring (bicyclic) bond motifs is 2. The minimum atomic E-state index is 0.184. The molecule has 0 spiro atoms. The first-order valence-electron chi connectivity index (χ1n) is 8.24. The van der Waals surface area contributed by atoms with Crippen molar-refractivity contribution in [2.24, 2.45) is 29.4 Å². The van der Waals surface area contributed by atoms with E-state index >= 15 is 0 Å². The number of rotatable bonds is 5. The Morgan fingerprint density at radius 1 is 1.25 bits per heavy atom. The van der Waals surface area contributed by atoms with Crippen molar-refractivity contribution in [3.63, 3.8) is 0 Å². The van der Waals surface area contributed by atoms with E-state index in [0.29, 0.717) is 30.4 Å².